The van der Waals surface area contributed by atoms with E-state index in [-0.39, 0.29) is 11.9 Å². The fourth-order valence-electron chi connectivity index (χ4n) is 2.50. The Morgan fingerprint density at radius 2 is 1.57 bits per heavy atom. The van der Waals surface area contributed by atoms with Crippen LogP contribution < -0.4 is 5.32 Å². The van der Waals surface area contributed by atoms with Gasteiger partial charge in [-0.2, -0.15) is 0 Å². The molecule has 3 heteroatoms. The molecule has 0 aliphatic rings. The van der Waals surface area contributed by atoms with Gasteiger partial charge in [-0.15, -0.1) is 0 Å². The molecule has 0 saturated heterocycles. The monoisotopic (exact) mass is 305 g/mol. The van der Waals surface area contributed by atoms with Crippen molar-refractivity contribution in [2.75, 3.05) is 0 Å². The summed E-state index contributed by atoms with van der Waals surface area (Å²) in [4.78, 5) is 12.1. The second-order valence-corrected chi connectivity index (χ2v) is 5.59. The SMILES string of the molecule is Cc1ccc(C(=O)NC(C)c2ccc(-c3ccccc3)cc2)o1. The molecule has 116 valence electrons. The van der Waals surface area contributed by atoms with Crippen LogP contribution in [0.5, 0.6) is 0 Å². The van der Waals surface area contributed by atoms with E-state index in [9.17, 15) is 4.79 Å². The molecule has 3 rings (SSSR count). The van der Waals surface area contributed by atoms with Crippen molar-refractivity contribution in [3.8, 4) is 11.1 Å². The third-order valence-corrected chi connectivity index (χ3v) is 3.83. The van der Waals surface area contributed by atoms with Crippen molar-refractivity contribution < 1.29 is 9.21 Å². The molecule has 1 aromatic heterocycles. The average molecular weight is 305 g/mol. The number of carbonyl (C=O) groups is 1. The zero-order valence-corrected chi connectivity index (χ0v) is 13.2. The summed E-state index contributed by atoms with van der Waals surface area (Å²) in [7, 11) is 0. The first-order chi connectivity index (χ1) is 11.1. The Balaban J connectivity index is 1.70. The summed E-state index contributed by atoms with van der Waals surface area (Å²) in [5, 5.41) is 2.95. The zero-order valence-electron chi connectivity index (χ0n) is 13.2. The Hall–Kier alpha value is -2.81. The number of aryl methyl sites for hydroxylation is 1. The van der Waals surface area contributed by atoms with Crippen LogP contribution in [-0.2, 0) is 0 Å². The first-order valence-electron chi connectivity index (χ1n) is 7.66. The highest BCUT2D eigenvalue weighted by atomic mass is 16.3. The Labute approximate surface area is 136 Å². The molecule has 23 heavy (non-hydrogen) atoms. The number of hydrogen-bond donors (Lipinski definition) is 1. The fraction of sp³-hybridized carbons (Fsp3) is 0.150. The van der Waals surface area contributed by atoms with Crippen molar-refractivity contribution in [1.29, 1.82) is 0 Å². The summed E-state index contributed by atoms with van der Waals surface area (Å²) >= 11 is 0. The molecule has 1 unspecified atom stereocenters. The maximum Gasteiger partial charge on any atom is 0.287 e. The van der Waals surface area contributed by atoms with Gasteiger partial charge in [0.1, 0.15) is 5.76 Å². The van der Waals surface area contributed by atoms with Crippen molar-refractivity contribution in [2.24, 2.45) is 0 Å². The first kappa shape index (κ1) is 15.1. The molecule has 1 N–H and O–H groups in total. The molecule has 0 saturated carbocycles. The van der Waals surface area contributed by atoms with Gasteiger partial charge in [-0.3, -0.25) is 4.79 Å². The van der Waals surface area contributed by atoms with E-state index < -0.39 is 0 Å². The zero-order chi connectivity index (χ0) is 16.2. The molecule has 0 aliphatic heterocycles. The van der Waals surface area contributed by atoms with Gasteiger partial charge in [0.15, 0.2) is 5.76 Å². The molecular formula is C20H19NO2. The molecule has 0 radical (unpaired) electrons. The molecule has 1 heterocycles. The van der Waals surface area contributed by atoms with E-state index >= 15 is 0 Å². The molecule has 0 bridgehead atoms. The highest BCUT2D eigenvalue weighted by Gasteiger charge is 2.14. The number of rotatable bonds is 4. The molecule has 3 nitrogen and oxygen atoms in total. The van der Waals surface area contributed by atoms with E-state index in [1.54, 1.807) is 12.1 Å². The van der Waals surface area contributed by atoms with Gasteiger partial charge in [0, 0.05) is 0 Å². The summed E-state index contributed by atoms with van der Waals surface area (Å²) < 4.78 is 5.35. The Morgan fingerprint density at radius 3 is 2.17 bits per heavy atom. The van der Waals surface area contributed by atoms with Gasteiger partial charge >= 0.3 is 0 Å². The number of hydrogen-bond acceptors (Lipinski definition) is 2. The Kier molecular flexibility index (Phi) is 4.29. The number of furan rings is 1. The van der Waals surface area contributed by atoms with Crippen LogP contribution >= 0.6 is 0 Å². The van der Waals surface area contributed by atoms with Gasteiger partial charge in [-0.1, -0.05) is 54.6 Å². The maximum atomic E-state index is 12.1. The smallest absolute Gasteiger partial charge is 0.287 e. The minimum absolute atomic E-state index is 0.0854. The van der Waals surface area contributed by atoms with Gasteiger partial charge < -0.3 is 9.73 Å². The topological polar surface area (TPSA) is 42.2 Å². The lowest BCUT2D eigenvalue weighted by Gasteiger charge is -2.14. The quantitative estimate of drug-likeness (QED) is 0.756. The molecule has 1 atom stereocenters. The van der Waals surface area contributed by atoms with Crippen molar-refractivity contribution in [3.63, 3.8) is 0 Å². The molecule has 0 spiro atoms. The van der Waals surface area contributed by atoms with Gasteiger partial charge in [0.2, 0.25) is 0 Å². The van der Waals surface area contributed by atoms with Crippen molar-refractivity contribution >= 4 is 5.91 Å². The predicted octanol–water partition coefficient (Wildman–Crippen LogP) is 4.75. The lowest BCUT2D eigenvalue weighted by atomic mass is 10.0. The van der Waals surface area contributed by atoms with E-state index in [0.717, 1.165) is 16.9 Å². The summed E-state index contributed by atoms with van der Waals surface area (Å²) in [5.41, 5.74) is 3.40. The third kappa shape index (κ3) is 3.51. The minimum atomic E-state index is -0.197. The molecule has 0 fully saturated rings. The van der Waals surface area contributed by atoms with Crippen LogP contribution in [0.25, 0.3) is 11.1 Å². The predicted molar refractivity (Wildman–Crippen MR) is 91.2 cm³/mol. The van der Waals surface area contributed by atoms with Gasteiger partial charge in [0.25, 0.3) is 5.91 Å². The average Bonchev–Trinajstić information content (AvgIpc) is 3.02. The normalized spacial score (nSPS) is 11.9. The van der Waals surface area contributed by atoms with Crippen molar-refractivity contribution in [1.82, 2.24) is 5.32 Å². The second-order valence-electron chi connectivity index (χ2n) is 5.59. The second kappa shape index (κ2) is 6.53. The lowest BCUT2D eigenvalue weighted by molar-refractivity contribution is 0.0910. The van der Waals surface area contributed by atoms with Crippen LogP contribution in [0, 0.1) is 6.92 Å². The van der Waals surface area contributed by atoms with Gasteiger partial charge in [-0.05, 0) is 42.7 Å². The fourth-order valence-corrected chi connectivity index (χ4v) is 2.50. The summed E-state index contributed by atoms with van der Waals surface area (Å²) in [6.07, 6.45) is 0. The van der Waals surface area contributed by atoms with Crippen LogP contribution in [0.4, 0.5) is 0 Å². The van der Waals surface area contributed by atoms with E-state index in [1.807, 2.05) is 44.2 Å². The van der Waals surface area contributed by atoms with E-state index in [4.69, 9.17) is 4.42 Å². The van der Waals surface area contributed by atoms with E-state index in [2.05, 4.69) is 29.6 Å². The summed E-state index contributed by atoms with van der Waals surface area (Å²) in [5.74, 6) is 0.878. The molecular weight excluding hydrogens is 286 g/mol. The Morgan fingerprint density at radius 1 is 0.913 bits per heavy atom. The third-order valence-electron chi connectivity index (χ3n) is 3.83. The van der Waals surface area contributed by atoms with E-state index in [0.29, 0.717) is 5.76 Å². The number of carbonyl (C=O) groups excluding carboxylic acids is 1. The molecule has 3 aromatic rings. The lowest BCUT2D eigenvalue weighted by Crippen LogP contribution is -2.26. The van der Waals surface area contributed by atoms with Crippen LogP contribution in [0.1, 0.15) is 34.8 Å². The minimum Gasteiger partial charge on any atom is -0.456 e. The molecule has 2 aromatic carbocycles. The first-order valence-corrected chi connectivity index (χ1v) is 7.66. The number of nitrogens with one attached hydrogen (secondary N) is 1. The van der Waals surface area contributed by atoms with Crippen LogP contribution in [0.3, 0.4) is 0 Å². The van der Waals surface area contributed by atoms with Crippen molar-refractivity contribution in [3.05, 3.63) is 83.8 Å². The maximum absolute atomic E-state index is 12.1. The van der Waals surface area contributed by atoms with Gasteiger partial charge in [-0.25, -0.2) is 0 Å². The van der Waals surface area contributed by atoms with Crippen LogP contribution in [-0.4, -0.2) is 5.91 Å². The summed E-state index contributed by atoms with van der Waals surface area (Å²) in [6, 6.07) is 21.8. The summed E-state index contributed by atoms with van der Waals surface area (Å²) in [6.45, 7) is 3.79. The number of amides is 1. The standard InChI is InChI=1S/C20H19NO2/c1-14-8-13-19(23-14)20(22)21-15(2)16-9-11-18(12-10-16)17-6-4-3-5-7-17/h3-13,15H,1-2H3,(H,21,22). The highest BCUT2D eigenvalue weighted by Crippen LogP contribution is 2.22. The van der Waals surface area contributed by atoms with Gasteiger partial charge in [0.05, 0.1) is 6.04 Å². The number of benzene rings is 2. The van der Waals surface area contributed by atoms with Crippen LogP contribution in [0.15, 0.2) is 71.1 Å². The van der Waals surface area contributed by atoms with Crippen molar-refractivity contribution in [2.45, 2.75) is 19.9 Å². The van der Waals surface area contributed by atoms with E-state index in [1.165, 1.54) is 5.56 Å². The largest absolute Gasteiger partial charge is 0.456 e. The van der Waals surface area contributed by atoms with Crippen LogP contribution in [0.2, 0.25) is 0 Å². The molecule has 1 amide bonds. The molecule has 0 aliphatic carbocycles. The Bertz CT molecular complexity index is 788. The highest BCUT2D eigenvalue weighted by molar-refractivity contribution is 5.91.